The Hall–Kier alpha value is -2.87. The molecule has 0 aliphatic carbocycles. The van der Waals surface area contributed by atoms with Crippen LogP contribution >= 0.6 is 0 Å². The number of aromatic nitrogens is 2. The smallest absolute Gasteiger partial charge is 0.269 e. The number of benzene rings is 1. The third kappa shape index (κ3) is 2.21. The molecule has 1 aliphatic rings. The van der Waals surface area contributed by atoms with Crippen molar-refractivity contribution in [2.45, 2.75) is 17.9 Å². The third-order valence-corrected chi connectivity index (χ3v) is 5.83. The maximum absolute atomic E-state index is 13.0. The van der Waals surface area contributed by atoms with Crippen LogP contribution in [0.2, 0.25) is 0 Å². The molecule has 25 heavy (non-hydrogen) atoms. The van der Waals surface area contributed by atoms with Crippen LogP contribution in [0.15, 0.2) is 53.7 Å². The average molecular weight is 359 g/mol. The molecule has 1 unspecified atom stereocenters. The van der Waals surface area contributed by atoms with Crippen LogP contribution < -0.4 is 10.2 Å². The minimum Gasteiger partial charge on any atom is -0.372 e. The van der Waals surface area contributed by atoms with Crippen molar-refractivity contribution < 1.29 is 17.3 Å². The van der Waals surface area contributed by atoms with Crippen molar-refractivity contribution in [3.8, 4) is 0 Å². The second kappa shape index (κ2) is 5.32. The first-order valence-corrected chi connectivity index (χ1v) is 8.97. The zero-order valence-electron chi connectivity index (χ0n) is 16.2. The summed E-state index contributed by atoms with van der Waals surface area (Å²) >= 11 is 0. The highest BCUT2D eigenvalue weighted by atomic mass is 32.2. The quantitative estimate of drug-likeness (QED) is 0.757. The van der Waals surface area contributed by atoms with E-state index < -0.39 is 28.9 Å². The summed E-state index contributed by atoms with van der Waals surface area (Å²) in [4.78, 5) is 17.4. The van der Waals surface area contributed by atoms with E-state index in [1.54, 1.807) is 25.1 Å². The topological polar surface area (TPSA) is 84.3 Å². The minimum atomic E-state index is -3.88. The normalized spacial score (nSPS) is 19.7. The van der Waals surface area contributed by atoms with E-state index in [1.165, 1.54) is 30.6 Å². The summed E-state index contributed by atoms with van der Waals surface area (Å²) in [6.45, 7) is -1.13. The molecule has 2 aromatic heterocycles. The second-order valence-electron chi connectivity index (χ2n) is 5.73. The first-order valence-electron chi connectivity index (χ1n) is 9.03. The SMILES string of the molecule is [2H]C([2H])([2H])N1C(=O)C(C)Nc2c1cnc1c2ccn1S(=O)(=O)c1ccccc1. The number of hydrogen-bond acceptors (Lipinski definition) is 5. The summed E-state index contributed by atoms with van der Waals surface area (Å²) in [6, 6.07) is 8.67. The molecule has 0 bridgehead atoms. The number of anilines is 2. The van der Waals surface area contributed by atoms with Crippen LogP contribution in [-0.4, -0.2) is 36.3 Å². The molecule has 3 aromatic rings. The zero-order chi connectivity index (χ0) is 20.3. The molecule has 3 heterocycles. The van der Waals surface area contributed by atoms with Gasteiger partial charge in [0, 0.05) is 22.7 Å². The maximum atomic E-state index is 13.0. The Bertz CT molecular complexity index is 1190. The lowest BCUT2D eigenvalue weighted by molar-refractivity contribution is -0.118. The van der Waals surface area contributed by atoms with Gasteiger partial charge in [0.15, 0.2) is 5.65 Å². The van der Waals surface area contributed by atoms with Crippen molar-refractivity contribution in [1.29, 1.82) is 0 Å². The summed E-state index contributed by atoms with van der Waals surface area (Å²) in [5.41, 5.74) is 0.586. The van der Waals surface area contributed by atoms with Gasteiger partial charge in [-0.25, -0.2) is 17.4 Å². The van der Waals surface area contributed by atoms with Gasteiger partial charge in [-0.1, -0.05) is 18.2 Å². The van der Waals surface area contributed by atoms with Gasteiger partial charge in [-0.15, -0.1) is 0 Å². The van der Waals surface area contributed by atoms with E-state index in [1.807, 2.05) is 0 Å². The Morgan fingerprint density at radius 2 is 2.00 bits per heavy atom. The van der Waals surface area contributed by atoms with Crippen LogP contribution in [0.25, 0.3) is 11.0 Å². The molecule has 1 aliphatic heterocycles. The lowest BCUT2D eigenvalue weighted by atomic mass is 10.1. The molecule has 128 valence electrons. The Morgan fingerprint density at radius 1 is 1.24 bits per heavy atom. The fraction of sp³-hybridized carbons (Fsp3) is 0.176. The molecule has 1 aromatic carbocycles. The van der Waals surface area contributed by atoms with Gasteiger partial charge in [0.2, 0.25) is 5.91 Å². The van der Waals surface area contributed by atoms with E-state index in [2.05, 4.69) is 10.3 Å². The van der Waals surface area contributed by atoms with Crippen molar-refractivity contribution >= 4 is 38.3 Å². The standard InChI is InChI=1S/C17H16N4O3S/c1-11-17(22)20(2)14-10-18-16-13(15(14)19-11)8-9-21(16)25(23,24)12-6-4-3-5-7-12/h3-11,19H,1-2H3/i2D3. The maximum Gasteiger partial charge on any atom is 0.269 e. The highest BCUT2D eigenvalue weighted by molar-refractivity contribution is 7.90. The highest BCUT2D eigenvalue weighted by Gasteiger charge is 2.30. The largest absolute Gasteiger partial charge is 0.372 e. The number of pyridine rings is 1. The summed E-state index contributed by atoms with van der Waals surface area (Å²) in [6.07, 6.45) is 2.57. The highest BCUT2D eigenvalue weighted by Crippen LogP contribution is 2.37. The summed E-state index contributed by atoms with van der Waals surface area (Å²) < 4.78 is 50.0. The van der Waals surface area contributed by atoms with Gasteiger partial charge >= 0.3 is 0 Å². The number of carbonyl (C=O) groups excluding carboxylic acids is 1. The van der Waals surface area contributed by atoms with Crippen LogP contribution in [0.1, 0.15) is 11.0 Å². The van der Waals surface area contributed by atoms with E-state index in [4.69, 9.17) is 4.11 Å². The third-order valence-electron chi connectivity index (χ3n) is 4.15. The fourth-order valence-corrected chi connectivity index (χ4v) is 4.19. The van der Waals surface area contributed by atoms with Gasteiger partial charge in [0.1, 0.15) is 6.04 Å². The van der Waals surface area contributed by atoms with Crippen LogP contribution in [-0.2, 0) is 14.8 Å². The Balaban J connectivity index is 1.94. The number of likely N-dealkylation sites (N-methyl/N-ethyl adjacent to an activating group) is 1. The van der Waals surface area contributed by atoms with Gasteiger partial charge in [0.25, 0.3) is 10.0 Å². The van der Waals surface area contributed by atoms with Crippen LogP contribution in [0.3, 0.4) is 0 Å². The number of carbonyl (C=O) groups is 1. The molecule has 0 radical (unpaired) electrons. The van der Waals surface area contributed by atoms with Crippen molar-refractivity contribution in [1.82, 2.24) is 8.96 Å². The first kappa shape index (κ1) is 12.5. The number of hydrogen-bond donors (Lipinski definition) is 1. The van der Waals surface area contributed by atoms with E-state index >= 15 is 0 Å². The molecule has 7 nitrogen and oxygen atoms in total. The molecule has 0 spiro atoms. The average Bonchev–Trinajstić information content (AvgIpc) is 3.08. The summed E-state index contributed by atoms with van der Waals surface area (Å²) in [7, 11) is -3.88. The lowest BCUT2D eigenvalue weighted by Crippen LogP contribution is -2.43. The lowest BCUT2D eigenvalue weighted by Gasteiger charge is -2.31. The van der Waals surface area contributed by atoms with Crippen molar-refractivity contribution in [3.05, 3.63) is 48.8 Å². The number of nitrogens with one attached hydrogen (secondary N) is 1. The summed E-state index contributed by atoms with van der Waals surface area (Å²) in [5.74, 6) is -0.606. The molecule has 0 fully saturated rings. The van der Waals surface area contributed by atoms with Gasteiger partial charge < -0.3 is 10.2 Å². The number of amides is 1. The van der Waals surface area contributed by atoms with Crippen LogP contribution in [0.4, 0.5) is 11.4 Å². The predicted octanol–water partition coefficient (Wildman–Crippen LogP) is 2.05. The number of nitrogens with zero attached hydrogens (tertiary/aromatic N) is 3. The molecule has 0 saturated carbocycles. The van der Waals surface area contributed by atoms with Crippen molar-refractivity contribution in [3.63, 3.8) is 0 Å². The predicted molar refractivity (Wildman–Crippen MR) is 95.3 cm³/mol. The number of fused-ring (bicyclic) bond motifs is 3. The molecule has 4 rings (SSSR count). The monoisotopic (exact) mass is 359 g/mol. The Morgan fingerprint density at radius 3 is 2.72 bits per heavy atom. The van der Waals surface area contributed by atoms with Gasteiger partial charge in [-0.2, -0.15) is 0 Å². The minimum absolute atomic E-state index is 0.0884. The van der Waals surface area contributed by atoms with Crippen LogP contribution in [0, 0.1) is 0 Å². The second-order valence-corrected chi connectivity index (χ2v) is 7.54. The van der Waals surface area contributed by atoms with Gasteiger partial charge in [-0.3, -0.25) is 4.79 Å². The Kier molecular flexibility index (Phi) is 2.66. The van der Waals surface area contributed by atoms with Gasteiger partial charge in [-0.05, 0) is 25.1 Å². The van der Waals surface area contributed by atoms with Gasteiger partial charge in [0.05, 0.1) is 22.5 Å². The van der Waals surface area contributed by atoms with E-state index in [9.17, 15) is 13.2 Å². The molecule has 0 saturated heterocycles. The fourth-order valence-electron chi connectivity index (χ4n) is 2.86. The van der Waals surface area contributed by atoms with E-state index in [0.717, 1.165) is 8.87 Å². The van der Waals surface area contributed by atoms with Crippen molar-refractivity contribution in [2.24, 2.45) is 0 Å². The molecule has 1 N–H and O–H groups in total. The molecule has 1 atom stereocenters. The first-order chi connectivity index (χ1) is 13.1. The molecule has 1 amide bonds. The molecular weight excluding hydrogens is 340 g/mol. The van der Waals surface area contributed by atoms with Crippen LogP contribution in [0.5, 0.6) is 0 Å². The zero-order valence-corrected chi connectivity index (χ0v) is 14.0. The Labute approximate surface area is 149 Å². The molecular formula is C17H16N4O3S. The van der Waals surface area contributed by atoms with Crippen molar-refractivity contribution in [2.75, 3.05) is 17.2 Å². The van der Waals surface area contributed by atoms with E-state index in [-0.39, 0.29) is 16.2 Å². The number of rotatable bonds is 2. The summed E-state index contributed by atoms with van der Waals surface area (Å²) in [5, 5.41) is 3.38. The molecule has 8 heteroatoms. The van der Waals surface area contributed by atoms with E-state index in [0.29, 0.717) is 11.1 Å².